The fourth-order valence-electron chi connectivity index (χ4n) is 2.53. The van der Waals surface area contributed by atoms with Crippen LogP contribution < -0.4 is 11.1 Å². The number of carbonyl (C=O) groups is 1. The molecule has 2 aromatic heterocycles. The molecule has 0 spiro atoms. The smallest absolute Gasteiger partial charge is 0.273 e. The highest BCUT2D eigenvalue weighted by Crippen LogP contribution is 2.11. The molecule has 0 aliphatic rings. The maximum absolute atomic E-state index is 12.4. The van der Waals surface area contributed by atoms with E-state index in [1.807, 2.05) is 17.5 Å². The van der Waals surface area contributed by atoms with Crippen molar-refractivity contribution in [2.45, 2.75) is 19.5 Å². The van der Waals surface area contributed by atoms with E-state index < -0.39 is 0 Å². The lowest BCUT2D eigenvalue weighted by Crippen LogP contribution is -2.33. The lowest BCUT2D eigenvalue weighted by Gasteiger charge is -2.16. The number of fused-ring (bicyclic) bond motifs is 1. The van der Waals surface area contributed by atoms with Crippen LogP contribution in [0.25, 0.3) is 10.8 Å². The molecule has 0 bridgehead atoms. The van der Waals surface area contributed by atoms with E-state index in [0.29, 0.717) is 17.3 Å². The van der Waals surface area contributed by atoms with Gasteiger partial charge in [0, 0.05) is 18.3 Å². The minimum atomic E-state index is -0.329. The number of amides is 1. The van der Waals surface area contributed by atoms with Gasteiger partial charge in [0.2, 0.25) is 5.91 Å². The first-order valence-electron chi connectivity index (χ1n) is 7.54. The highest BCUT2D eigenvalue weighted by Gasteiger charge is 2.12. The van der Waals surface area contributed by atoms with Gasteiger partial charge in [0.15, 0.2) is 0 Å². The molecule has 0 aliphatic heterocycles. The lowest BCUT2D eigenvalue weighted by molar-refractivity contribution is -0.130. The lowest BCUT2D eigenvalue weighted by atomic mass is 10.2. The van der Waals surface area contributed by atoms with E-state index in [1.54, 1.807) is 47.5 Å². The van der Waals surface area contributed by atoms with Crippen molar-refractivity contribution in [1.29, 1.82) is 0 Å². The zero-order valence-electron chi connectivity index (χ0n) is 13.2. The number of aryl methyl sites for hydroxylation is 1. The first-order valence-corrected chi connectivity index (χ1v) is 8.42. The minimum absolute atomic E-state index is 0.0793. The number of thiophene rings is 1. The van der Waals surface area contributed by atoms with Crippen LogP contribution in [0.3, 0.4) is 0 Å². The van der Waals surface area contributed by atoms with Gasteiger partial charge in [-0.15, -0.1) is 11.3 Å². The Morgan fingerprint density at radius 2 is 1.92 bits per heavy atom. The van der Waals surface area contributed by atoms with Gasteiger partial charge in [0.1, 0.15) is 0 Å². The van der Waals surface area contributed by atoms with Crippen molar-refractivity contribution in [3.63, 3.8) is 0 Å². The van der Waals surface area contributed by atoms with Gasteiger partial charge in [-0.05, 0) is 23.6 Å². The monoisotopic (exact) mass is 343 g/mol. The van der Waals surface area contributed by atoms with Crippen molar-refractivity contribution in [1.82, 2.24) is 14.7 Å². The van der Waals surface area contributed by atoms with E-state index in [-0.39, 0.29) is 30.0 Å². The summed E-state index contributed by atoms with van der Waals surface area (Å²) in [4.78, 5) is 39.4. The molecule has 3 rings (SSSR count). The average molecular weight is 343 g/mol. The number of carbonyl (C=O) groups excluding carboxylic acids is 1. The van der Waals surface area contributed by atoms with Crippen LogP contribution in [0, 0.1) is 0 Å². The minimum Gasteiger partial charge on any atom is -0.341 e. The van der Waals surface area contributed by atoms with Crippen LogP contribution in [0.2, 0.25) is 0 Å². The van der Waals surface area contributed by atoms with E-state index >= 15 is 0 Å². The molecule has 0 saturated heterocycles. The van der Waals surface area contributed by atoms with Crippen LogP contribution in [-0.2, 0) is 17.9 Å². The van der Waals surface area contributed by atoms with Crippen molar-refractivity contribution in [3.8, 4) is 0 Å². The van der Waals surface area contributed by atoms with E-state index in [9.17, 15) is 14.4 Å². The number of aromatic amines is 1. The summed E-state index contributed by atoms with van der Waals surface area (Å²) in [5, 5.41) is 5.23. The number of rotatable bonds is 5. The topological polar surface area (TPSA) is 75.2 Å². The normalized spacial score (nSPS) is 10.9. The number of hydrogen-bond donors (Lipinski definition) is 1. The number of nitrogens with zero attached hydrogens (tertiary/aromatic N) is 2. The van der Waals surface area contributed by atoms with Crippen LogP contribution in [0.15, 0.2) is 51.4 Å². The molecule has 1 N–H and O–H groups in total. The summed E-state index contributed by atoms with van der Waals surface area (Å²) in [6.07, 6.45) is 0.149. The molecule has 124 valence electrons. The molecular formula is C17H17N3O3S. The Kier molecular flexibility index (Phi) is 4.61. The molecule has 1 amide bonds. The third-order valence-electron chi connectivity index (χ3n) is 3.83. The molecule has 7 heteroatoms. The van der Waals surface area contributed by atoms with Gasteiger partial charge in [-0.25, -0.2) is 4.68 Å². The Balaban J connectivity index is 1.74. The van der Waals surface area contributed by atoms with Crippen LogP contribution in [-0.4, -0.2) is 27.6 Å². The highest BCUT2D eigenvalue weighted by molar-refractivity contribution is 7.09. The third-order valence-corrected chi connectivity index (χ3v) is 4.69. The molecule has 0 aliphatic carbocycles. The molecule has 24 heavy (non-hydrogen) atoms. The largest absolute Gasteiger partial charge is 0.341 e. The molecule has 0 radical (unpaired) electrons. The Morgan fingerprint density at radius 3 is 2.62 bits per heavy atom. The zero-order valence-corrected chi connectivity index (χ0v) is 14.0. The highest BCUT2D eigenvalue weighted by atomic mass is 32.1. The van der Waals surface area contributed by atoms with Gasteiger partial charge >= 0.3 is 0 Å². The summed E-state index contributed by atoms with van der Waals surface area (Å²) < 4.78 is 1.21. The molecule has 0 saturated carbocycles. The van der Waals surface area contributed by atoms with E-state index in [2.05, 4.69) is 5.10 Å². The number of H-pyrrole nitrogens is 1. The van der Waals surface area contributed by atoms with Crippen molar-refractivity contribution in [2.24, 2.45) is 0 Å². The molecule has 1 aromatic carbocycles. The van der Waals surface area contributed by atoms with Gasteiger partial charge in [-0.3, -0.25) is 19.5 Å². The quantitative estimate of drug-likeness (QED) is 0.767. The van der Waals surface area contributed by atoms with Gasteiger partial charge in [-0.1, -0.05) is 18.2 Å². The van der Waals surface area contributed by atoms with Crippen LogP contribution in [0.5, 0.6) is 0 Å². The van der Waals surface area contributed by atoms with Gasteiger partial charge in [0.25, 0.3) is 11.1 Å². The summed E-state index contributed by atoms with van der Waals surface area (Å²) in [6.45, 7) is 0.687. The van der Waals surface area contributed by atoms with Crippen molar-refractivity contribution in [3.05, 3.63) is 67.4 Å². The molecule has 0 unspecified atom stereocenters. The molecule has 0 fully saturated rings. The summed E-state index contributed by atoms with van der Waals surface area (Å²) in [5.41, 5.74) is -0.622. The standard InChI is InChI=1S/C17H17N3O3S/c1-19(11-12-5-4-10-24-12)15(21)8-9-20-17(23)14-7-3-2-6-13(14)16(22)18-20/h2-7,10H,8-9,11H2,1H3,(H,18,22). The zero-order chi connectivity index (χ0) is 17.1. The van der Waals surface area contributed by atoms with Gasteiger partial charge in [-0.2, -0.15) is 0 Å². The fourth-order valence-corrected chi connectivity index (χ4v) is 3.28. The first kappa shape index (κ1) is 16.2. The molecule has 2 heterocycles. The number of nitrogens with one attached hydrogen (secondary N) is 1. The summed E-state index contributed by atoms with van der Waals surface area (Å²) in [5.74, 6) is -0.0793. The van der Waals surface area contributed by atoms with Crippen molar-refractivity contribution in [2.75, 3.05) is 7.05 Å². The third kappa shape index (κ3) is 3.30. The Bertz CT molecular complexity index is 973. The number of aromatic nitrogens is 2. The second-order valence-corrected chi connectivity index (χ2v) is 6.55. The number of benzene rings is 1. The average Bonchev–Trinajstić information content (AvgIpc) is 3.09. The Labute approximate surface area is 141 Å². The van der Waals surface area contributed by atoms with Crippen molar-refractivity contribution < 1.29 is 4.79 Å². The first-order chi connectivity index (χ1) is 11.6. The van der Waals surface area contributed by atoms with Crippen LogP contribution in [0.4, 0.5) is 0 Å². The molecule has 0 atom stereocenters. The summed E-state index contributed by atoms with van der Waals surface area (Å²) in [7, 11) is 1.73. The van der Waals surface area contributed by atoms with Crippen LogP contribution >= 0.6 is 11.3 Å². The molecule has 6 nitrogen and oxygen atoms in total. The summed E-state index contributed by atoms with van der Waals surface area (Å²) >= 11 is 1.59. The maximum Gasteiger partial charge on any atom is 0.273 e. The van der Waals surface area contributed by atoms with E-state index in [4.69, 9.17) is 0 Å². The number of hydrogen-bond acceptors (Lipinski definition) is 4. The second kappa shape index (κ2) is 6.84. The van der Waals surface area contributed by atoms with Gasteiger partial charge < -0.3 is 4.90 Å². The summed E-state index contributed by atoms with van der Waals surface area (Å²) in [6, 6.07) is 10.6. The predicted molar refractivity (Wildman–Crippen MR) is 94.2 cm³/mol. The SMILES string of the molecule is CN(Cc1cccs1)C(=O)CCn1[nH]c(=O)c2ccccc2c1=O. The maximum atomic E-state index is 12.4. The second-order valence-electron chi connectivity index (χ2n) is 5.52. The van der Waals surface area contributed by atoms with Crippen LogP contribution in [0.1, 0.15) is 11.3 Å². The van der Waals surface area contributed by atoms with E-state index in [1.165, 1.54) is 4.68 Å². The molecular weight excluding hydrogens is 326 g/mol. The Hall–Kier alpha value is -2.67. The van der Waals surface area contributed by atoms with E-state index in [0.717, 1.165) is 4.88 Å². The predicted octanol–water partition coefficient (Wildman–Crippen LogP) is 1.80. The Morgan fingerprint density at radius 1 is 1.17 bits per heavy atom. The molecule has 3 aromatic rings. The fraction of sp³-hybridized carbons (Fsp3) is 0.235. The van der Waals surface area contributed by atoms with Gasteiger partial charge in [0.05, 0.1) is 23.9 Å². The van der Waals surface area contributed by atoms with Crippen molar-refractivity contribution >= 4 is 28.0 Å².